The lowest BCUT2D eigenvalue weighted by atomic mass is 9.75. The van der Waals surface area contributed by atoms with Crippen LogP contribution in [0, 0.1) is 5.92 Å². The van der Waals surface area contributed by atoms with E-state index in [9.17, 15) is 4.79 Å². The zero-order chi connectivity index (χ0) is 11.1. The van der Waals surface area contributed by atoms with E-state index in [-0.39, 0.29) is 11.4 Å². The van der Waals surface area contributed by atoms with Gasteiger partial charge in [-0.2, -0.15) is 0 Å². The van der Waals surface area contributed by atoms with Crippen LogP contribution in [0.1, 0.15) is 46.0 Å². The van der Waals surface area contributed by atoms with Crippen LogP contribution >= 0.6 is 0 Å². The zero-order valence-electron chi connectivity index (χ0n) is 9.83. The second-order valence-electron chi connectivity index (χ2n) is 5.63. The van der Waals surface area contributed by atoms with Crippen LogP contribution in [0.5, 0.6) is 0 Å². The van der Waals surface area contributed by atoms with Crippen molar-refractivity contribution in [3.63, 3.8) is 0 Å². The van der Waals surface area contributed by atoms with Crippen molar-refractivity contribution in [3.8, 4) is 0 Å². The van der Waals surface area contributed by atoms with Crippen molar-refractivity contribution < 1.29 is 4.79 Å². The second-order valence-corrected chi connectivity index (χ2v) is 5.63. The normalized spacial score (nSPS) is 33.9. The molecule has 1 saturated heterocycles. The van der Waals surface area contributed by atoms with Gasteiger partial charge in [0.05, 0.1) is 0 Å². The van der Waals surface area contributed by atoms with E-state index in [0.717, 1.165) is 25.8 Å². The summed E-state index contributed by atoms with van der Waals surface area (Å²) in [7, 11) is 0. The molecule has 86 valence electrons. The molecule has 1 aliphatic heterocycles. The maximum Gasteiger partial charge on any atom is 0.224 e. The zero-order valence-corrected chi connectivity index (χ0v) is 9.83. The largest absolute Gasteiger partial charge is 0.340 e. The number of hydrogen-bond acceptors (Lipinski definition) is 2. The molecule has 2 atom stereocenters. The molecule has 1 amide bonds. The molecule has 1 aliphatic carbocycles. The van der Waals surface area contributed by atoms with Crippen LogP contribution in [-0.4, -0.2) is 28.9 Å². The summed E-state index contributed by atoms with van der Waals surface area (Å²) >= 11 is 0. The molecule has 2 unspecified atom stereocenters. The Bertz CT molecular complexity index is 260. The number of hydrogen-bond donors (Lipinski definition) is 1. The quantitative estimate of drug-likeness (QED) is 0.751. The topological polar surface area (TPSA) is 46.3 Å². The Morgan fingerprint density at radius 3 is 2.53 bits per heavy atom. The van der Waals surface area contributed by atoms with Crippen molar-refractivity contribution in [2.45, 2.75) is 57.5 Å². The summed E-state index contributed by atoms with van der Waals surface area (Å²) < 4.78 is 0. The van der Waals surface area contributed by atoms with E-state index in [0.29, 0.717) is 18.4 Å². The number of carbonyl (C=O) groups is 1. The lowest BCUT2D eigenvalue weighted by Gasteiger charge is -2.39. The van der Waals surface area contributed by atoms with Gasteiger partial charge in [-0.15, -0.1) is 0 Å². The molecule has 3 nitrogen and oxygen atoms in total. The van der Waals surface area contributed by atoms with Gasteiger partial charge in [-0.3, -0.25) is 4.79 Å². The van der Waals surface area contributed by atoms with Gasteiger partial charge in [0, 0.05) is 24.5 Å². The van der Waals surface area contributed by atoms with Crippen LogP contribution in [0.3, 0.4) is 0 Å². The van der Waals surface area contributed by atoms with Crippen molar-refractivity contribution in [3.05, 3.63) is 0 Å². The summed E-state index contributed by atoms with van der Waals surface area (Å²) in [5.41, 5.74) is 5.94. The molecule has 0 aromatic rings. The van der Waals surface area contributed by atoms with E-state index in [2.05, 4.69) is 13.8 Å². The number of nitrogens with two attached hydrogens (primary N) is 1. The Morgan fingerprint density at radius 1 is 1.47 bits per heavy atom. The Hall–Kier alpha value is -0.570. The highest BCUT2D eigenvalue weighted by Gasteiger charge is 2.38. The highest BCUT2D eigenvalue weighted by Crippen LogP contribution is 2.34. The van der Waals surface area contributed by atoms with Gasteiger partial charge in [0.25, 0.3) is 0 Å². The molecule has 0 bridgehead atoms. The van der Waals surface area contributed by atoms with Gasteiger partial charge in [0.1, 0.15) is 0 Å². The Kier molecular flexibility index (Phi) is 2.75. The first-order chi connectivity index (χ1) is 7.00. The Morgan fingerprint density at radius 2 is 2.13 bits per heavy atom. The molecule has 0 spiro atoms. The molecule has 1 heterocycles. The lowest BCUT2D eigenvalue weighted by molar-refractivity contribution is -0.133. The summed E-state index contributed by atoms with van der Waals surface area (Å²) in [6.45, 7) is 5.28. The number of rotatable bonds is 2. The van der Waals surface area contributed by atoms with Crippen molar-refractivity contribution in [1.82, 2.24) is 4.90 Å². The number of carbonyl (C=O) groups excluding carboxylic acids is 1. The molecule has 0 aromatic heterocycles. The molecule has 2 N–H and O–H groups in total. The van der Waals surface area contributed by atoms with Crippen LogP contribution in [0.2, 0.25) is 0 Å². The first-order valence-corrected chi connectivity index (χ1v) is 6.08. The highest BCUT2D eigenvalue weighted by molar-refractivity contribution is 5.78. The Labute approximate surface area is 92.0 Å². The maximum absolute atomic E-state index is 12.1. The molecular weight excluding hydrogens is 188 g/mol. The van der Waals surface area contributed by atoms with Crippen LogP contribution in [0.4, 0.5) is 0 Å². The Balaban J connectivity index is 1.90. The molecule has 0 aromatic carbocycles. The van der Waals surface area contributed by atoms with Crippen molar-refractivity contribution in [2.75, 3.05) is 6.54 Å². The standard InChI is InChI=1S/C12H22N2O/c1-9-6-10(2)14(8-9)11(15)7-12(13)4-3-5-12/h9-10H,3-8,13H2,1-2H3. The highest BCUT2D eigenvalue weighted by atomic mass is 16.2. The van der Waals surface area contributed by atoms with Gasteiger partial charge in [0.2, 0.25) is 5.91 Å². The van der Waals surface area contributed by atoms with E-state index >= 15 is 0 Å². The summed E-state index contributed by atoms with van der Waals surface area (Å²) in [4.78, 5) is 14.1. The lowest BCUT2D eigenvalue weighted by Crippen LogP contribution is -2.51. The fraction of sp³-hybridized carbons (Fsp3) is 0.917. The minimum Gasteiger partial charge on any atom is -0.340 e. The molecule has 2 fully saturated rings. The molecule has 15 heavy (non-hydrogen) atoms. The van der Waals surface area contributed by atoms with E-state index in [4.69, 9.17) is 5.73 Å². The molecule has 3 heteroatoms. The van der Waals surface area contributed by atoms with Crippen LogP contribution < -0.4 is 5.73 Å². The van der Waals surface area contributed by atoms with Gasteiger partial charge in [-0.25, -0.2) is 0 Å². The van der Waals surface area contributed by atoms with Gasteiger partial charge >= 0.3 is 0 Å². The van der Waals surface area contributed by atoms with Crippen LogP contribution in [0.15, 0.2) is 0 Å². The summed E-state index contributed by atoms with van der Waals surface area (Å²) in [5.74, 6) is 0.924. The van der Waals surface area contributed by atoms with Gasteiger partial charge in [-0.1, -0.05) is 6.92 Å². The third-order valence-electron chi connectivity index (χ3n) is 3.96. The monoisotopic (exact) mass is 210 g/mol. The number of nitrogens with zero attached hydrogens (tertiary/aromatic N) is 1. The van der Waals surface area contributed by atoms with Gasteiger partial charge in [-0.05, 0) is 38.5 Å². The van der Waals surface area contributed by atoms with E-state index in [1.807, 2.05) is 4.90 Å². The third-order valence-corrected chi connectivity index (χ3v) is 3.96. The fourth-order valence-electron chi connectivity index (χ4n) is 2.86. The third kappa shape index (κ3) is 2.17. The van der Waals surface area contributed by atoms with Crippen molar-refractivity contribution in [1.29, 1.82) is 0 Å². The van der Waals surface area contributed by atoms with Crippen LogP contribution in [0.25, 0.3) is 0 Å². The summed E-state index contributed by atoms with van der Waals surface area (Å²) in [5, 5.41) is 0. The van der Waals surface area contributed by atoms with Gasteiger partial charge < -0.3 is 10.6 Å². The number of amides is 1. The molecule has 1 saturated carbocycles. The first kappa shape index (κ1) is 10.9. The minimum absolute atomic E-state index is 0.164. The summed E-state index contributed by atoms with van der Waals surface area (Å²) in [6, 6.07) is 0.413. The van der Waals surface area contributed by atoms with Gasteiger partial charge in [0.15, 0.2) is 0 Å². The molecule has 2 rings (SSSR count). The molecular formula is C12H22N2O. The predicted octanol–water partition coefficient (Wildman–Crippen LogP) is 1.51. The molecule has 0 radical (unpaired) electrons. The predicted molar refractivity (Wildman–Crippen MR) is 60.3 cm³/mol. The fourth-order valence-corrected chi connectivity index (χ4v) is 2.86. The van der Waals surface area contributed by atoms with Crippen molar-refractivity contribution in [2.24, 2.45) is 11.7 Å². The van der Waals surface area contributed by atoms with Crippen LogP contribution in [-0.2, 0) is 4.79 Å². The second kappa shape index (κ2) is 3.78. The first-order valence-electron chi connectivity index (χ1n) is 6.08. The maximum atomic E-state index is 12.1. The summed E-state index contributed by atoms with van der Waals surface area (Å²) in [6.07, 6.45) is 4.94. The smallest absolute Gasteiger partial charge is 0.224 e. The van der Waals surface area contributed by atoms with Crippen molar-refractivity contribution >= 4 is 5.91 Å². The number of likely N-dealkylation sites (tertiary alicyclic amines) is 1. The average molecular weight is 210 g/mol. The van der Waals surface area contributed by atoms with E-state index in [1.165, 1.54) is 6.42 Å². The SMILES string of the molecule is CC1CC(C)N(C(=O)CC2(N)CCC2)C1. The molecule has 2 aliphatic rings. The van der Waals surface area contributed by atoms with E-state index < -0.39 is 0 Å². The average Bonchev–Trinajstić information content (AvgIpc) is 2.42. The van der Waals surface area contributed by atoms with E-state index in [1.54, 1.807) is 0 Å². The minimum atomic E-state index is -0.164.